The van der Waals surface area contributed by atoms with Crippen molar-refractivity contribution in [2.45, 2.75) is 31.7 Å². The SMILES string of the molecule is Cc1ccc(C2CNNC2C2CCCN(C(=O)C(=O)c3cccn3C)C2)cc1. The van der Waals surface area contributed by atoms with Crippen molar-refractivity contribution in [2.75, 3.05) is 19.6 Å². The molecule has 4 rings (SSSR count). The van der Waals surface area contributed by atoms with Gasteiger partial charge in [0.25, 0.3) is 11.7 Å². The van der Waals surface area contributed by atoms with E-state index in [1.165, 1.54) is 11.1 Å². The highest BCUT2D eigenvalue weighted by Gasteiger charge is 2.38. The molecule has 0 spiro atoms. The van der Waals surface area contributed by atoms with E-state index in [4.69, 9.17) is 0 Å². The van der Waals surface area contributed by atoms with Crippen molar-refractivity contribution in [3.8, 4) is 0 Å². The van der Waals surface area contributed by atoms with Crippen LogP contribution >= 0.6 is 0 Å². The van der Waals surface area contributed by atoms with Crippen molar-refractivity contribution in [3.63, 3.8) is 0 Å². The molecule has 0 radical (unpaired) electrons. The maximum atomic E-state index is 12.8. The quantitative estimate of drug-likeness (QED) is 0.629. The second-order valence-electron chi connectivity index (χ2n) is 8.06. The first kappa shape index (κ1) is 18.9. The zero-order valence-electron chi connectivity index (χ0n) is 16.5. The number of aromatic nitrogens is 1. The van der Waals surface area contributed by atoms with Gasteiger partial charge < -0.3 is 9.47 Å². The number of carbonyl (C=O) groups is 2. The number of rotatable bonds is 4. The molecule has 1 amide bonds. The molecule has 2 saturated heterocycles. The lowest BCUT2D eigenvalue weighted by Crippen LogP contribution is -2.49. The van der Waals surface area contributed by atoms with Gasteiger partial charge in [-0.1, -0.05) is 29.8 Å². The number of hydrazine groups is 1. The van der Waals surface area contributed by atoms with Gasteiger partial charge in [0, 0.05) is 44.8 Å². The molecule has 2 N–H and O–H groups in total. The molecule has 6 heteroatoms. The number of aryl methyl sites for hydroxylation is 2. The maximum absolute atomic E-state index is 12.8. The van der Waals surface area contributed by atoms with Crippen LogP contribution in [-0.4, -0.2) is 46.8 Å². The van der Waals surface area contributed by atoms with Crippen LogP contribution in [0.3, 0.4) is 0 Å². The Balaban J connectivity index is 1.47. The molecule has 28 heavy (non-hydrogen) atoms. The number of amides is 1. The van der Waals surface area contributed by atoms with Crippen molar-refractivity contribution >= 4 is 11.7 Å². The van der Waals surface area contributed by atoms with E-state index in [0.717, 1.165) is 19.4 Å². The normalized spacial score (nSPS) is 25.1. The molecular weight excluding hydrogens is 352 g/mol. The second-order valence-corrected chi connectivity index (χ2v) is 8.06. The van der Waals surface area contributed by atoms with Crippen molar-refractivity contribution in [1.82, 2.24) is 20.3 Å². The maximum Gasteiger partial charge on any atom is 0.296 e. The summed E-state index contributed by atoms with van der Waals surface area (Å²) in [4.78, 5) is 27.2. The van der Waals surface area contributed by atoms with E-state index in [-0.39, 0.29) is 11.9 Å². The molecule has 148 valence electrons. The van der Waals surface area contributed by atoms with Gasteiger partial charge in [0.2, 0.25) is 0 Å². The fourth-order valence-electron chi connectivity index (χ4n) is 4.54. The molecule has 1 aromatic heterocycles. The highest BCUT2D eigenvalue weighted by molar-refractivity contribution is 6.42. The van der Waals surface area contributed by atoms with E-state index < -0.39 is 5.78 Å². The highest BCUT2D eigenvalue weighted by Crippen LogP contribution is 2.32. The molecule has 2 fully saturated rings. The van der Waals surface area contributed by atoms with Crippen molar-refractivity contribution < 1.29 is 9.59 Å². The summed E-state index contributed by atoms with van der Waals surface area (Å²) < 4.78 is 1.71. The van der Waals surface area contributed by atoms with Crippen LogP contribution in [0.1, 0.15) is 40.4 Å². The third kappa shape index (κ3) is 3.62. The topological polar surface area (TPSA) is 66.4 Å². The Bertz CT molecular complexity index is 858. The number of nitrogens with zero attached hydrogens (tertiary/aromatic N) is 2. The van der Waals surface area contributed by atoms with Gasteiger partial charge in [-0.3, -0.25) is 20.4 Å². The van der Waals surface area contributed by atoms with Gasteiger partial charge in [-0.2, -0.15) is 0 Å². The van der Waals surface area contributed by atoms with Crippen LogP contribution in [0.25, 0.3) is 0 Å². The first-order valence-electron chi connectivity index (χ1n) is 10.0. The first-order chi connectivity index (χ1) is 13.5. The predicted octanol–water partition coefficient (Wildman–Crippen LogP) is 2.02. The van der Waals surface area contributed by atoms with Gasteiger partial charge in [-0.15, -0.1) is 0 Å². The van der Waals surface area contributed by atoms with Crippen LogP contribution in [0.4, 0.5) is 0 Å². The standard InChI is InChI=1S/C22H28N4O2/c1-15-7-9-16(10-8-15)18-13-23-24-20(18)17-5-3-12-26(14-17)22(28)21(27)19-6-4-11-25(19)2/h4,6-11,17-18,20,23-24H,3,5,12-14H2,1-2H3. The molecule has 3 unspecified atom stereocenters. The van der Waals surface area contributed by atoms with Crippen LogP contribution in [0.15, 0.2) is 42.6 Å². The number of ketones is 1. The Morgan fingerprint density at radius 2 is 1.93 bits per heavy atom. The van der Waals surface area contributed by atoms with Crippen LogP contribution in [0.5, 0.6) is 0 Å². The van der Waals surface area contributed by atoms with Crippen LogP contribution in [0, 0.1) is 12.8 Å². The molecule has 0 aliphatic carbocycles. The number of hydrogen-bond acceptors (Lipinski definition) is 4. The van der Waals surface area contributed by atoms with Gasteiger partial charge >= 0.3 is 0 Å². The summed E-state index contributed by atoms with van der Waals surface area (Å²) in [5.74, 6) is -0.116. The molecule has 1 aromatic carbocycles. The van der Waals surface area contributed by atoms with Crippen molar-refractivity contribution in [2.24, 2.45) is 13.0 Å². The molecule has 0 saturated carbocycles. The Morgan fingerprint density at radius 1 is 1.14 bits per heavy atom. The summed E-state index contributed by atoms with van der Waals surface area (Å²) >= 11 is 0. The molecule has 3 atom stereocenters. The van der Waals surface area contributed by atoms with Crippen molar-refractivity contribution in [1.29, 1.82) is 0 Å². The summed E-state index contributed by atoms with van der Waals surface area (Å²) in [7, 11) is 1.79. The van der Waals surface area contributed by atoms with Crippen LogP contribution in [-0.2, 0) is 11.8 Å². The fourth-order valence-corrected chi connectivity index (χ4v) is 4.54. The molecule has 6 nitrogen and oxygen atoms in total. The molecule has 2 aliphatic heterocycles. The van der Waals surface area contributed by atoms with Crippen molar-refractivity contribution in [3.05, 3.63) is 59.4 Å². The van der Waals surface area contributed by atoms with E-state index >= 15 is 0 Å². The third-order valence-electron chi connectivity index (χ3n) is 6.15. The highest BCUT2D eigenvalue weighted by atomic mass is 16.2. The lowest BCUT2D eigenvalue weighted by Gasteiger charge is -2.37. The Kier molecular flexibility index (Phi) is 5.33. The van der Waals surface area contributed by atoms with Crippen LogP contribution in [0.2, 0.25) is 0 Å². The summed E-state index contributed by atoms with van der Waals surface area (Å²) in [5, 5.41) is 0. The lowest BCUT2D eigenvalue weighted by atomic mass is 9.81. The number of nitrogens with one attached hydrogen (secondary N) is 2. The lowest BCUT2D eigenvalue weighted by molar-refractivity contribution is -0.128. The van der Waals surface area contributed by atoms with Gasteiger partial charge in [0.1, 0.15) is 0 Å². The number of benzene rings is 1. The largest absolute Gasteiger partial charge is 0.348 e. The predicted molar refractivity (Wildman–Crippen MR) is 108 cm³/mol. The summed E-state index contributed by atoms with van der Waals surface area (Å²) in [5.41, 5.74) is 9.77. The van der Waals surface area contributed by atoms with E-state index in [2.05, 4.69) is 42.0 Å². The van der Waals surface area contributed by atoms with E-state index in [0.29, 0.717) is 30.6 Å². The van der Waals surface area contributed by atoms with E-state index in [1.54, 1.807) is 34.8 Å². The zero-order valence-corrected chi connectivity index (χ0v) is 16.5. The number of carbonyl (C=O) groups excluding carboxylic acids is 2. The van der Waals surface area contributed by atoms with Gasteiger partial charge in [-0.25, -0.2) is 0 Å². The minimum atomic E-state index is -0.416. The summed E-state index contributed by atoms with van der Waals surface area (Å²) in [6.07, 6.45) is 3.78. The summed E-state index contributed by atoms with van der Waals surface area (Å²) in [6.45, 7) is 4.25. The smallest absolute Gasteiger partial charge is 0.296 e. The van der Waals surface area contributed by atoms with E-state index in [1.807, 2.05) is 0 Å². The average molecular weight is 380 g/mol. The van der Waals surface area contributed by atoms with Crippen LogP contribution < -0.4 is 10.9 Å². The van der Waals surface area contributed by atoms with Gasteiger partial charge in [0.15, 0.2) is 0 Å². The first-order valence-corrected chi connectivity index (χ1v) is 10.0. The molecule has 2 aromatic rings. The molecule has 2 aliphatic rings. The average Bonchev–Trinajstić information content (AvgIpc) is 3.37. The van der Waals surface area contributed by atoms with Gasteiger partial charge in [0.05, 0.1) is 5.69 Å². The number of Topliss-reactive ketones (excluding diaryl/α,β-unsaturated/α-hetero) is 1. The zero-order chi connectivity index (χ0) is 19.7. The second kappa shape index (κ2) is 7.89. The minimum absolute atomic E-state index is 0.253. The Labute approximate surface area is 165 Å². The van der Waals surface area contributed by atoms with E-state index in [9.17, 15) is 9.59 Å². The molecule has 0 bridgehead atoms. The Morgan fingerprint density at radius 3 is 2.64 bits per heavy atom. The monoisotopic (exact) mass is 380 g/mol. The molecule has 3 heterocycles. The minimum Gasteiger partial charge on any atom is -0.348 e. The molecular formula is C22H28N4O2. The number of piperidine rings is 1. The third-order valence-corrected chi connectivity index (χ3v) is 6.15. The number of likely N-dealkylation sites (tertiary alicyclic amines) is 1. The Hall–Kier alpha value is -2.44. The fraction of sp³-hybridized carbons (Fsp3) is 0.455. The summed E-state index contributed by atoms with van der Waals surface area (Å²) in [6, 6.07) is 12.5. The van der Waals surface area contributed by atoms with Gasteiger partial charge in [-0.05, 0) is 43.4 Å². The number of hydrogen-bond donors (Lipinski definition) is 2.